The summed E-state index contributed by atoms with van der Waals surface area (Å²) in [6.07, 6.45) is 0.101. The minimum absolute atomic E-state index is 0.0621. The van der Waals surface area contributed by atoms with Crippen LogP contribution in [0.15, 0.2) is 18.2 Å². The number of hydrogen-bond acceptors (Lipinski definition) is 3. The number of carbonyl (C=O) groups is 2. The zero-order valence-electron chi connectivity index (χ0n) is 11.2. The van der Waals surface area contributed by atoms with E-state index < -0.39 is 6.10 Å². The van der Waals surface area contributed by atoms with Gasteiger partial charge in [0.1, 0.15) is 5.75 Å². The summed E-state index contributed by atoms with van der Waals surface area (Å²) in [4.78, 5) is 22.6. The lowest BCUT2D eigenvalue weighted by atomic mass is 10.1. The van der Waals surface area contributed by atoms with Crippen molar-refractivity contribution in [3.63, 3.8) is 0 Å². The quantitative estimate of drug-likeness (QED) is 0.813. The molecule has 1 amide bonds. The second kappa shape index (κ2) is 6.19. The summed E-state index contributed by atoms with van der Waals surface area (Å²) in [5.74, 6) is 0.240. The lowest BCUT2D eigenvalue weighted by molar-refractivity contribution is -0.127. The number of amides is 1. The van der Waals surface area contributed by atoms with Crippen LogP contribution in [0.5, 0.6) is 5.75 Å². The topological polar surface area (TPSA) is 55.4 Å². The first kappa shape index (κ1) is 14.2. The molecular formula is C14H19NO3. The summed E-state index contributed by atoms with van der Waals surface area (Å²) < 4.78 is 5.51. The van der Waals surface area contributed by atoms with E-state index in [1.165, 1.54) is 0 Å². The molecule has 0 aromatic heterocycles. The molecule has 0 saturated carbocycles. The van der Waals surface area contributed by atoms with Crippen LogP contribution in [-0.4, -0.2) is 24.3 Å². The summed E-state index contributed by atoms with van der Waals surface area (Å²) in [5.41, 5.74) is 1.43. The minimum Gasteiger partial charge on any atom is -0.480 e. The first-order valence-corrected chi connectivity index (χ1v) is 5.97. The first-order chi connectivity index (χ1) is 8.43. The lowest BCUT2D eigenvalue weighted by Crippen LogP contribution is -2.40. The van der Waals surface area contributed by atoms with Gasteiger partial charge in [0.05, 0.1) is 5.56 Å². The van der Waals surface area contributed by atoms with Gasteiger partial charge in [-0.1, -0.05) is 11.6 Å². The summed E-state index contributed by atoms with van der Waals surface area (Å²) in [7, 11) is 0. The van der Waals surface area contributed by atoms with Gasteiger partial charge < -0.3 is 10.1 Å². The van der Waals surface area contributed by atoms with E-state index in [-0.39, 0.29) is 11.9 Å². The molecule has 0 saturated heterocycles. The van der Waals surface area contributed by atoms with Gasteiger partial charge in [-0.2, -0.15) is 0 Å². The van der Waals surface area contributed by atoms with Gasteiger partial charge in [0.2, 0.25) is 0 Å². The number of rotatable bonds is 5. The van der Waals surface area contributed by atoms with Gasteiger partial charge in [-0.15, -0.1) is 0 Å². The van der Waals surface area contributed by atoms with Crippen molar-refractivity contribution in [2.75, 3.05) is 0 Å². The van der Waals surface area contributed by atoms with Crippen LogP contribution < -0.4 is 10.1 Å². The fourth-order valence-corrected chi connectivity index (χ4v) is 1.51. The second-order valence-electron chi connectivity index (χ2n) is 4.58. The van der Waals surface area contributed by atoms with Crippen LogP contribution in [0.2, 0.25) is 0 Å². The normalized spacial score (nSPS) is 12.1. The molecule has 0 aliphatic heterocycles. The van der Waals surface area contributed by atoms with E-state index in [1.54, 1.807) is 19.1 Å². The molecule has 98 valence electrons. The third-order valence-corrected chi connectivity index (χ3v) is 2.40. The molecule has 0 radical (unpaired) electrons. The van der Waals surface area contributed by atoms with Crippen LogP contribution in [0.1, 0.15) is 36.7 Å². The zero-order valence-corrected chi connectivity index (χ0v) is 11.2. The molecule has 1 N–H and O–H groups in total. The van der Waals surface area contributed by atoms with Gasteiger partial charge in [-0.25, -0.2) is 0 Å². The highest BCUT2D eigenvalue weighted by Crippen LogP contribution is 2.19. The number of nitrogens with one attached hydrogen (secondary N) is 1. The Hall–Kier alpha value is -1.84. The van der Waals surface area contributed by atoms with Gasteiger partial charge in [0.25, 0.3) is 5.91 Å². The van der Waals surface area contributed by atoms with Crippen molar-refractivity contribution in [1.82, 2.24) is 5.32 Å². The van der Waals surface area contributed by atoms with E-state index in [0.29, 0.717) is 11.3 Å². The molecule has 1 aromatic carbocycles. The predicted octanol–water partition coefficient (Wildman–Crippen LogP) is 2.10. The highest BCUT2D eigenvalue weighted by molar-refractivity contribution is 5.82. The van der Waals surface area contributed by atoms with Crippen molar-refractivity contribution in [2.45, 2.75) is 39.8 Å². The third-order valence-electron chi connectivity index (χ3n) is 2.40. The van der Waals surface area contributed by atoms with E-state index in [1.807, 2.05) is 26.8 Å². The lowest BCUT2D eigenvalue weighted by Gasteiger charge is -2.17. The Kier molecular flexibility index (Phi) is 4.89. The molecular weight excluding hydrogens is 230 g/mol. The van der Waals surface area contributed by atoms with E-state index >= 15 is 0 Å². The van der Waals surface area contributed by atoms with Crippen molar-refractivity contribution in [2.24, 2.45) is 0 Å². The number of ether oxygens (including phenoxy) is 1. The third kappa shape index (κ3) is 3.87. The summed E-state index contributed by atoms with van der Waals surface area (Å²) in [6, 6.07) is 5.34. The maximum atomic E-state index is 11.7. The fraction of sp³-hybridized carbons (Fsp3) is 0.429. The van der Waals surface area contributed by atoms with Gasteiger partial charge in [-0.3, -0.25) is 9.59 Å². The standard InChI is InChI=1S/C14H19NO3/c1-9(2)15-14(17)11(4)18-13-6-5-10(3)7-12(13)8-16/h5-9,11H,1-4H3,(H,15,17). The fourth-order valence-electron chi connectivity index (χ4n) is 1.51. The maximum absolute atomic E-state index is 11.7. The average molecular weight is 249 g/mol. The van der Waals surface area contributed by atoms with E-state index in [9.17, 15) is 9.59 Å². The largest absolute Gasteiger partial charge is 0.480 e. The summed E-state index contributed by atoms with van der Waals surface area (Å²) in [6.45, 7) is 7.32. The number of carbonyl (C=O) groups excluding carboxylic acids is 2. The number of hydrogen-bond donors (Lipinski definition) is 1. The molecule has 0 aliphatic rings. The van der Waals surface area contributed by atoms with Crippen molar-refractivity contribution in [3.05, 3.63) is 29.3 Å². The van der Waals surface area contributed by atoms with Crippen LogP contribution in [0, 0.1) is 6.92 Å². The highest BCUT2D eigenvalue weighted by Gasteiger charge is 2.16. The molecule has 1 rings (SSSR count). The van der Waals surface area contributed by atoms with Crippen LogP contribution >= 0.6 is 0 Å². The van der Waals surface area contributed by atoms with Crippen LogP contribution in [-0.2, 0) is 4.79 Å². The molecule has 0 fully saturated rings. The van der Waals surface area contributed by atoms with Crippen LogP contribution in [0.3, 0.4) is 0 Å². The summed E-state index contributed by atoms with van der Waals surface area (Å²) in [5, 5.41) is 2.76. The van der Waals surface area contributed by atoms with Crippen LogP contribution in [0.25, 0.3) is 0 Å². The minimum atomic E-state index is -0.631. The molecule has 0 aliphatic carbocycles. The van der Waals surface area contributed by atoms with Crippen molar-refractivity contribution >= 4 is 12.2 Å². The Bertz CT molecular complexity index is 441. The number of aldehydes is 1. The molecule has 1 aromatic rings. The van der Waals surface area contributed by atoms with Gasteiger partial charge >= 0.3 is 0 Å². The van der Waals surface area contributed by atoms with E-state index in [4.69, 9.17) is 4.74 Å². The van der Waals surface area contributed by atoms with Crippen molar-refractivity contribution in [3.8, 4) is 5.75 Å². The van der Waals surface area contributed by atoms with Gasteiger partial charge in [-0.05, 0) is 39.8 Å². The maximum Gasteiger partial charge on any atom is 0.260 e. The average Bonchev–Trinajstić information content (AvgIpc) is 2.30. The molecule has 1 atom stereocenters. The molecule has 18 heavy (non-hydrogen) atoms. The Morgan fingerprint density at radius 3 is 2.56 bits per heavy atom. The Balaban J connectivity index is 2.78. The summed E-state index contributed by atoms with van der Waals surface area (Å²) >= 11 is 0. The number of benzene rings is 1. The monoisotopic (exact) mass is 249 g/mol. The SMILES string of the molecule is Cc1ccc(OC(C)C(=O)NC(C)C)c(C=O)c1. The predicted molar refractivity (Wildman–Crippen MR) is 69.9 cm³/mol. The smallest absolute Gasteiger partial charge is 0.260 e. The Morgan fingerprint density at radius 2 is 2.00 bits per heavy atom. The van der Waals surface area contributed by atoms with E-state index in [2.05, 4.69) is 5.32 Å². The van der Waals surface area contributed by atoms with Gasteiger partial charge in [0.15, 0.2) is 12.4 Å². The van der Waals surface area contributed by atoms with Crippen LogP contribution in [0.4, 0.5) is 0 Å². The second-order valence-corrected chi connectivity index (χ2v) is 4.58. The Labute approximate surface area is 107 Å². The molecule has 0 spiro atoms. The molecule has 1 unspecified atom stereocenters. The first-order valence-electron chi connectivity index (χ1n) is 5.97. The number of aryl methyl sites for hydroxylation is 1. The molecule has 0 bridgehead atoms. The van der Waals surface area contributed by atoms with Crippen molar-refractivity contribution in [1.29, 1.82) is 0 Å². The molecule has 4 nitrogen and oxygen atoms in total. The zero-order chi connectivity index (χ0) is 13.7. The Morgan fingerprint density at radius 1 is 1.33 bits per heavy atom. The van der Waals surface area contributed by atoms with Gasteiger partial charge in [0, 0.05) is 6.04 Å². The van der Waals surface area contributed by atoms with Crippen molar-refractivity contribution < 1.29 is 14.3 Å². The molecule has 0 heterocycles. The highest BCUT2D eigenvalue weighted by atomic mass is 16.5. The van der Waals surface area contributed by atoms with E-state index in [0.717, 1.165) is 11.8 Å². The molecule has 4 heteroatoms.